The Bertz CT molecular complexity index is 215. The van der Waals surface area contributed by atoms with Crippen molar-refractivity contribution in [3.8, 4) is 0 Å². The fraction of sp³-hybridized carbons (Fsp3) is 1.00. The predicted molar refractivity (Wildman–Crippen MR) is 69.7 cm³/mol. The van der Waals surface area contributed by atoms with Gasteiger partial charge in [0.2, 0.25) is 0 Å². The van der Waals surface area contributed by atoms with Crippen molar-refractivity contribution in [1.29, 1.82) is 0 Å². The van der Waals surface area contributed by atoms with Crippen molar-refractivity contribution in [3.63, 3.8) is 0 Å². The average Bonchev–Trinajstić information content (AvgIpc) is 2.57. The summed E-state index contributed by atoms with van der Waals surface area (Å²) in [6.45, 7) is 13.6. The van der Waals surface area contributed by atoms with Crippen LogP contribution in [0.15, 0.2) is 0 Å². The van der Waals surface area contributed by atoms with Gasteiger partial charge in [0.1, 0.15) is 0 Å². The smallest absolute Gasteiger partial charge is 0.00943 e. The first-order chi connectivity index (χ1) is 7.49. The van der Waals surface area contributed by atoms with Gasteiger partial charge in [-0.25, -0.2) is 0 Å². The second-order valence-corrected chi connectivity index (χ2v) is 7.16. The van der Waals surface area contributed by atoms with E-state index in [4.69, 9.17) is 0 Å². The first kappa shape index (κ1) is 12.4. The molecule has 2 nitrogen and oxygen atoms in total. The van der Waals surface area contributed by atoms with Crippen LogP contribution in [0.5, 0.6) is 0 Å². The molecule has 0 radical (unpaired) electrons. The van der Waals surface area contributed by atoms with Crippen molar-refractivity contribution in [2.24, 2.45) is 10.8 Å². The lowest BCUT2D eigenvalue weighted by Gasteiger charge is -2.48. The third kappa shape index (κ3) is 3.21. The number of unbranched alkanes of at least 4 members (excludes halogenated alkanes) is 1. The minimum Gasteiger partial charge on any atom is -0.316 e. The molecule has 0 unspecified atom stereocenters. The van der Waals surface area contributed by atoms with Crippen LogP contribution in [0.25, 0.3) is 0 Å². The van der Waals surface area contributed by atoms with Crippen LogP contribution < -0.4 is 5.32 Å². The zero-order chi connectivity index (χ0) is 11.6. The third-order valence-electron chi connectivity index (χ3n) is 4.10. The zero-order valence-corrected chi connectivity index (χ0v) is 11.3. The molecule has 0 aliphatic carbocycles. The molecule has 2 fully saturated rings. The summed E-state index contributed by atoms with van der Waals surface area (Å²) in [7, 11) is 0. The lowest BCUT2D eigenvalue weighted by molar-refractivity contribution is 0.0155. The van der Waals surface area contributed by atoms with Gasteiger partial charge in [-0.15, -0.1) is 0 Å². The van der Waals surface area contributed by atoms with Crippen molar-refractivity contribution in [3.05, 3.63) is 0 Å². The van der Waals surface area contributed by atoms with Crippen LogP contribution >= 0.6 is 0 Å². The third-order valence-corrected chi connectivity index (χ3v) is 4.10. The maximum absolute atomic E-state index is 3.50. The van der Waals surface area contributed by atoms with Gasteiger partial charge in [0.05, 0.1) is 0 Å². The fourth-order valence-corrected chi connectivity index (χ4v) is 3.12. The van der Waals surface area contributed by atoms with Gasteiger partial charge in [0.15, 0.2) is 0 Å². The van der Waals surface area contributed by atoms with Crippen LogP contribution in [0.4, 0.5) is 0 Å². The van der Waals surface area contributed by atoms with Crippen LogP contribution in [0.2, 0.25) is 0 Å². The number of likely N-dealkylation sites (tertiary alicyclic amines) is 1. The molecule has 2 heteroatoms. The minimum absolute atomic E-state index is 0.519. The lowest BCUT2D eigenvalue weighted by atomic mass is 9.79. The largest absolute Gasteiger partial charge is 0.316 e. The van der Waals surface area contributed by atoms with Crippen molar-refractivity contribution in [2.45, 2.75) is 46.5 Å². The van der Waals surface area contributed by atoms with E-state index in [0.29, 0.717) is 10.8 Å². The van der Waals surface area contributed by atoms with E-state index in [1.54, 1.807) is 0 Å². The maximum atomic E-state index is 3.50. The molecule has 2 aliphatic heterocycles. The van der Waals surface area contributed by atoms with Crippen LogP contribution in [-0.2, 0) is 0 Å². The molecule has 94 valence electrons. The molecular weight excluding hydrogens is 196 g/mol. The van der Waals surface area contributed by atoms with E-state index in [1.165, 1.54) is 58.4 Å². The Hall–Kier alpha value is -0.0800. The summed E-state index contributed by atoms with van der Waals surface area (Å²) < 4.78 is 0. The SMILES string of the molecule is CC(C)(C)CCCCN1CC2(CCNC2)C1. The molecule has 0 aromatic rings. The molecule has 1 spiro atoms. The number of nitrogens with zero attached hydrogens (tertiary/aromatic N) is 1. The van der Waals surface area contributed by atoms with E-state index < -0.39 is 0 Å². The Morgan fingerprint density at radius 2 is 1.94 bits per heavy atom. The van der Waals surface area contributed by atoms with Crippen molar-refractivity contribution >= 4 is 0 Å². The van der Waals surface area contributed by atoms with Gasteiger partial charge in [-0.05, 0) is 37.8 Å². The van der Waals surface area contributed by atoms with E-state index in [0.717, 1.165) is 0 Å². The first-order valence-corrected chi connectivity index (χ1v) is 6.92. The molecule has 0 saturated carbocycles. The van der Waals surface area contributed by atoms with Crippen molar-refractivity contribution in [2.75, 3.05) is 32.7 Å². The van der Waals surface area contributed by atoms with E-state index in [9.17, 15) is 0 Å². The summed E-state index contributed by atoms with van der Waals surface area (Å²) in [6, 6.07) is 0. The molecule has 2 saturated heterocycles. The maximum Gasteiger partial charge on any atom is 0.00943 e. The number of hydrogen-bond donors (Lipinski definition) is 1. The molecular formula is C14H28N2. The lowest BCUT2D eigenvalue weighted by Crippen LogP contribution is -2.57. The zero-order valence-electron chi connectivity index (χ0n) is 11.3. The highest BCUT2D eigenvalue weighted by atomic mass is 15.2. The summed E-state index contributed by atoms with van der Waals surface area (Å²) in [5.74, 6) is 0. The van der Waals surface area contributed by atoms with E-state index in [-0.39, 0.29) is 0 Å². The number of hydrogen-bond acceptors (Lipinski definition) is 2. The standard InChI is InChI=1S/C14H28N2/c1-13(2,3)6-4-5-9-16-11-14(12-16)7-8-15-10-14/h15H,4-12H2,1-3H3. The Morgan fingerprint density at radius 3 is 2.50 bits per heavy atom. The molecule has 0 bridgehead atoms. The molecule has 2 rings (SSSR count). The fourth-order valence-electron chi connectivity index (χ4n) is 3.12. The second-order valence-electron chi connectivity index (χ2n) is 7.16. The quantitative estimate of drug-likeness (QED) is 0.738. The number of rotatable bonds is 4. The molecule has 0 amide bonds. The molecule has 0 aromatic heterocycles. The average molecular weight is 224 g/mol. The Morgan fingerprint density at radius 1 is 1.19 bits per heavy atom. The monoisotopic (exact) mass is 224 g/mol. The molecule has 0 atom stereocenters. The topological polar surface area (TPSA) is 15.3 Å². The Balaban J connectivity index is 1.53. The molecule has 2 heterocycles. The molecule has 0 aromatic carbocycles. The van der Waals surface area contributed by atoms with Crippen LogP contribution in [0, 0.1) is 10.8 Å². The van der Waals surface area contributed by atoms with E-state index in [1.807, 2.05) is 0 Å². The summed E-state index contributed by atoms with van der Waals surface area (Å²) in [5, 5.41) is 3.50. The van der Waals surface area contributed by atoms with Gasteiger partial charge < -0.3 is 10.2 Å². The van der Waals surface area contributed by atoms with E-state index in [2.05, 4.69) is 31.0 Å². The highest BCUT2D eigenvalue weighted by Gasteiger charge is 2.44. The van der Waals surface area contributed by atoms with Crippen molar-refractivity contribution < 1.29 is 0 Å². The van der Waals surface area contributed by atoms with Crippen LogP contribution in [0.1, 0.15) is 46.5 Å². The highest BCUT2D eigenvalue weighted by molar-refractivity contribution is 4.99. The first-order valence-electron chi connectivity index (χ1n) is 6.92. The summed E-state index contributed by atoms with van der Waals surface area (Å²) in [6.07, 6.45) is 5.56. The predicted octanol–water partition coefficient (Wildman–Crippen LogP) is 2.50. The van der Waals surface area contributed by atoms with Crippen molar-refractivity contribution in [1.82, 2.24) is 10.2 Å². The molecule has 1 N–H and O–H groups in total. The number of nitrogens with one attached hydrogen (secondary N) is 1. The Labute approximate surface area is 101 Å². The minimum atomic E-state index is 0.519. The van der Waals surface area contributed by atoms with Gasteiger partial charge in [0, 0.05) is 25.0 Å². The summed E-state index contributed by atoms with van der Waals surface area (Å²) >= 11 is 0. The normalized spacial score (nSPS) is 24.9. The van der Waals surface area contributed by atoms with Gasteiger partial charge in [-0.2, -0.15) is 0 Å². The summed E-state index contributed by atoms with van der Waals surface area (Å²) in [5.41, 5.74) is 1.20. The van der Waals surface area contributed by atoms with Gasteiger partial charge in [-0.3, -0.25) is 0 Å². The highest BCUT2D eigenvalue weighted by Crippen LogP contribution is 2.36. The van der Waals surface area contributed by atoms with Gasteiger partial charge >= 0.3 is 0 Å². The van der Waals surface area contributed by atoms with Gasteiger partial charge in [0.25, 0.3) is 0 Å². The van der Waals surface area contributed by atoms with Crippen LogP contribution in [-0.4, -0.2) is 37.6 Å². The second kappa shape index (κ2) is 4.66. The Kier molecular flexibility index (Phi) is 3.60. The molecule has 2 aliphatic rings. The summed E-state index contributed by atoms with van der Waals surface area (Å²) in [4.78, 5) is 2.65. The van der Waals surface area contributed by atoms with Gasteiger partial charge in [-0.1, -0.05) is 27.2 Å². The van der Waals surface area contributed by atoms with E-state index >= 15 is 0 Å². The van der Waals surface area contributed by atoms with Crippen LogP contribution in [0.3, 0.4) is 0 Å². The molecule has 16 heavy (non-hydrogen) atoms.